The van der Waals surface area contributed by atoms with Crippen LogP contribution in [0, 0.1) is 0 Å². The van der Waals surface area contributed by atoms with E-state index in [2.05, 4.69) is 0 Å². The molecule has 0 unspecified atom stereocenters. The van der Waals surface area contributed by atoms with Crippen molar-refractivity contribution < 1.29 is 22.8 Å². The minimum atomic E-state index is -4.86. The molecule has 1 aliphatic heterocycles. The van der Waals surface area contributed by atoms with Crippen LogP contribution in [-0.2, 0) is 9.59 Å². The lowest BCUT2D eigenvalue weighted by Gasteiger charge is -2.34. The third-order valence-corrected chi connectivity index (χ3v) is 3.34. The molecule has 1 heterocycles. The van der Waals surface area contributed by atoms with E-state index in [1.54, 1.807) is 6.08 Å². The van der Waals surface area contributed by atoms with E-state index in [0.29, 0.717) is 0 Å². The lowest BCUT2D eigenvalue weighted by molar-refractivity contribution is -0.187. The number of rotatable bonds is 2. The number of hydrogen-bond donors (Lipinski definition) is 0. The molecule has 2 amide bonds. The Morgan fingerprint density at radius 1 is 0.955 bits per heavy atom. The van der Waals surface area contributed by atoms with E-state index in [0.717, 1.165) is 10.5 Å². The van der Waals surface area contributed by atoms with Crippen LogP contribution in [0.15, 0.2) is 36.4 Å². The fourth-order valence-corrected chi connectivity index (χ4v) is 2.15. The Bertz CT molecular complexity index is 562. The molecule has 1 fully saturated rings. The lowest BCUT2D eigenvalue weighted by atomic mass is 10.2. The van der Waals surface area contributed by atoms with Crippen LogP contribution in [0.5, 0.6) is 0 Å². The molecule has 7 heteroatoms. The van der Waals surface area contributed by atoms with Crippen LogP contribution in [-0.4, -0.2) is 54.0 Å². The average Bonchev–Trinajstić information content (AvgIpc) is 2.52. The van der Waals surface area contributed by atoms with Gasteiger partial charge in [0.15, 0.2) is 0 Å². The second-order valence-electron chi connectivity index (χ2n) is 4.86. The predicted molar refractivity (Wildman–Crippen MR) is 74.7 cm³/mol. The van der Waals surface area contributed by atoms with Gasteiger partial charge in [-0.2, -0.15) is 13.2 Å². The van der Waals surface area contributed by atoms with Crippen molar-refractivity contribution in [2.24, 2.45) is 0 Å². The second-order valence-corrected chi connectivity index (χ2v) is 4.86. The highest BCUT2D eigenvalue weighted by Crippen LogP contribution is 2.19. The van der Waals surface area contributed by atoms with Gasteiger partial charge in [0.25, 0.3) is 0 Å². The first-order chi connectivity index (χ1) is 10.4. The van der Waals surface area contributed by atoms with Crippen LogP contribution in [0.2, 0.25) is 0 Å². The number of carbonyl (C=O) groups is 2. The van der Waals surface area contributed by atoms with Gasteiger partial charge in [0.2, 0.25) is 5.91 Å². The number of halogens is 3. The number of piperazine rings is 1. The molecule has 0 radical (unpaired) electrons. The molecular formula is C15H15F3N2O2. The largest absolute Gasteiger partial charge is 0.471 e. The highest BCUT2D eigenvalue weighted by molar-refractivity contribution is 5.92. The highest BCUT2D eigenvalue weighted by atomic mass is 19.4. The van der Waals surface area contributed by atoms with Crippen molar-refractivity contribution in [2.75, 3.05) is 26.2 Å². The molecule has 0 spiro atoms. The fraction of sp³-hybridized carbons (Fsp3) is 0.333. The van der Waals surface area contributed by atoms with Crippen LogP contribution < -0.4 is 0 Å². The Balaban J connectivity index is 1.88. The number of benzene rings is 1. The Labute approximate surface area is 125 Å². The molecule has 2 rings (SSSR count). The Kier molecular flexibility index (Phi) is 4.85. The summed E-state index contributed by atoms with van der Waals surface area (Å²) in [6, 6.07) is 9.21. The van der Waals surface area contributed by atoms with Crippen LogP contribution in [0.3, 0.4) is 0 Å². The van der Waals surface area contributed by atoms with Gasteiger partial charge >= 0.3 is 12.1 Å². The van der Waals surface area contributed by atoms with Gasteiger partial charge in [0, 0.05) is 32.3 Å². The summed E-state index contributed by atoms with van der Waals surface area (Å²) in [5, 5.41) is 0. The number of hydrogen-bond acceptors (Lipinski definition) is 2. The maximum absolute atomic E-state index is 12.3. The van der Waals surface area contributed by atoms with Crippen LogP contribution in [0.25, 0.3) is 6.08 Å². The third kappa shape index (κ3) is 4.09. The zero-order chi connectivity index (χ0) is 16.2. The van der Waals surface area contributed by atoms with E-state index in [4.69, 9.17) is 0 Å². The minimum absolute atomic E-state index is 0.0970. The van der Waals surface area contributed by atoms with Crippen LogP contribution >= 0.6 is 0 Å². The molecule has 1 saturated heterocycles. The van der Waals surface area contributed by atoms with E-state index >= 15 is 0 Å². The number of amides is 2. The molecule has 1 aromatic rings. The molecule has 1 aliphatic rings. The summed E-state index contributed by atoms with van der Waals surface area (Å²) in [5.41, 5.74) is 0.863. The molecule has 0 N–H and O–H groups in total. The van der Waals surface area contributed by atoms with Gasteiger partial charge in [-0.1, -0.05) is 30.3 Å². The zero-order valence-corrected chi connectivity index (χ0v) is 11.7. The topological polar surface area (TPSA) is 40.6 Å². The molecule has 22 heavy (non-hydrogen) atoms. The average molecular weight is 312 g/mol. The van der Waals surface area contributed by atoms with Gasteiger partial charge in [0.1, 0.15) is 0 Å². The summed E-state index contributed by atoms with van der Waals surface area (Å²) >= 11 is 0. The van der Waals surface area contributed by atoms with Gasteiger partial charge in [-0.25, -0.2) is 0 Å². The molecule has 0 aliphatic carbocycles. The first-order valence-corrected chi connectivity index (χ1v) is 6.76. The smallest absolute Gasteiger partial charge is 0.336 e. The quantitative estimate of drug-likeness (QED) is 0.783. The highest BCUT2D eigenvalue weighted by Gasteiger charge is 2.43. The maximum atomic E-state index is 12.3. The first kappa shape index (κ1) is 16.1. The van der Waals surface area contributed by atoms with Crippen molar-refractivity contribution in [1.29, 1.82) is 0 Å². The van der Waals surface area contributed by atoms with Crippen molar-refractivity contribution in [3.63, 3.8) is 0 Å². The van der Waals surface area contributed by atoms with Crippen LogP contribution in [0.4, 0.5) is 13.2 Å². The molecule has 0 atom stereocenters. The Morgan fingerprint density at radius 2 is 1.50 bits per heavy atom. The molecular weight excluding hydrogens is 297 g/mol. The SMILES string of the molecule is O=C(/C=C/c1ccccc1)N1CCN(C(=O)C(F)(F)F)CC1. The number of alkyl halides is 3. The normalized spacial score (nSPS) is 16.1. The molecule has 0 saturated carbocycles. The van der Waals surface area contributed by atoms with Crippen molar-refractivity contribution in [3.8, 4) is 0 Å². The van der Waals surface area contributed by atoms with Gasteiger partial charge in [-0.15, -0.1) is 0 Å². The fourth-order valence-electron chi connectivity index (χ4n) is 2.15. The van der Waals surface area contributed by atoms with Gasteiger partial charge in [-0.3, -0.25) is 9.59 Å². The van der Waals surface area contributed by atoms with Crippen molar-refractivity contribution in [1.82, 2.24) is 9.80 Å². The molecule has 4 nitrogen and oxygen atoms in total. The summed E-state index contributed by atoms with van der Waals surface area (Å²) in [6.07, 6.45) is -1.83. The summed E-state index contributed by atoms with van der Waals surface area (Å²) in [5.74, 6) is -2.12. The maximum Gasteiger partial charge on any atom is 0.471 e. The summed E-state index contributed by atoms with van der Waals surface area (Å²) in [7, 11) is 0. The Morgan fingerprint density at radius 3 is 2.05 bits per heavy atom. The standard InChI is InChI=1S/C15H15F3N2O2/c16-15(17,18)14(22)20-10-8-19(9-11-20)13(21)7-6-12-4-2-1-3-5-12/h1-7H,8-11H2/b7-6+. The molecule has 118 valence electrons. The first-order valence-electron chi connectivity index (χ1n) is 6.76. The Hall–Kier alpha value is -2.31. The van der Waals surface area contributed by atoms with Gasteiger partial charge < -0.3 is 9.80 Å². The van der Waals surface area contributed by atoms with E-state index in [-0.39, 0.29) is 32.1 Å². The predicted octanol–water partition coefficient (Wildman–Crippen LogP) is 1.93. The van der Waals surface area contributed by atoms with Crippen molar-refractivity contribution >= 4 is 17.9 Å². The van der Waals surface area contributed by atoms with Gasteiger partial charge in [-0.05, 0) is 11.6 Å². The minimum Gasteiger partial charge on any atom is -0.336 e. The van der Waals surface area contributed by atoms with Crippen LogP contribution in [0.1, 0.15) is 5.56 Å². The molecule has 1 aromatic carbocycles. The van der Waals surface area contributed by atoms with E-state index < -0.39 is 12.1 Å². The summed E-state index contributed by atoms with van der Waals surface area (Å²) < 4.78 is 36.9. The zero-order valence-electron chi connectivity index (χ0n) is 11.7. The number of nitrogens with zero attached hydrogens (tertiary/aromatic N) is 2. The third-order valence-electron chi connectivity index (χ3n) is 3.34. The van der Waals surface area contributed by atoms with Gasteiger partial charge in [0.05, 0.1) is 0 Å². The summed E-state index contributed by atoms with van der Waals surface area (Å²) in [4.78, 5) is 25.2. The second kappa shape index (κ2) is 6.64. The van der Waals surface area contributed by atoms with E-state index in [9.17, 15) is 22.8 Å². The van der Waals surface area contributed by atoms with E-state index in [1.807, 2.05) is 30.3 Å². The van der Waals surface area contributed by atoms with Crippen molar-refractivity contribution in [3.05, 3.63) is 42.0 Å². The molecule has 0 bridgehead atoms. The van der Waals surface area contributed by atoms with Crippen molar-refractivity contribution in [2.45, 2.75) is 6.18 Å². The molecule has 0 aromatic heterocycles. The number of carbonyl (C=O) groups excluding carboxylic acids is 2. The lowest BCUT2D eigenvalue weighted by Crippen LogP contribution is -2.53. The summed E-state index contributed by atoms with van der Waals surface area (Å²) in [6.45, 7) is -0.0217. The monoisotopic (exact) mass is 312 g/mol. The van der Waals surface area contributed by atoms with E-state index in [1.165, 1.54) is 11.0 Å².